The summed E-state index contributed by atoms with van der Waals surface area (Å²) in [7, 11) is 0. The van der Waals surface area contributed by atoms with E-state index in [4.69, 9.17) is 11.2 Å². The van der Waals surface area contributed by atoms with E-state index in [-0.39, 0.29) is 30.8 Å². The summed E-state index contributed by atoms with van der Waals surface area (Å²) in [5, 5.41) is 0. The Labute approximate surface area is 93.7 Å². The monoisotopic (exact) mass is 265 g/mol. The van der Waals surface area contributed by atoms with Crippen LogP contribution in [0.5, 0.6) is 0 Å². The van der Waals surface area contributed by atoms with Crippen LogP contribution in [-0.2, 0) is 24.2 Å². The van der Waals surface area contributed by atoms with Crippen molar-refractivity contribution in [2.24, 2.45) is 11.3 Å². The molecule has 0 spiro atoms. The average molecular weight is 264 g/mol. The summed E-state index contributed by atoms with van der Waals surface area (Å²) in [6.07, 6.45) is 8.04. The van der Waals surface area contributed by atoms with Crippen LogP contribution in [0.15, 0.2) is 12.2 Å². The summed E-state index contributed by atoms with van der Waals surface area (Å²) >= 11 is 0. The van der Waals surface area contributed by atoms with Crippen LogP contribution >= 0.6 is 0 Å². The van der Waals surface area contributed by atoms with Gasteiger partial charge in [0, 0.05) is 0 Å². The molecule has 1 aliphatic heterocycles. The number of hydrogen-bond donors (Lipinski definition) is 0. The first-order valence-electron chi connectivity index (χ1n) is 4.23. The van der Waals surface area contributed by atoms with Gasteiger partial charge >= 0.3 is 19.5 Å². The number of hydrogen-bond acceptors (Lipinski definition) is 1. The fourth-order valence-corrected chi connectivity index (χ4v) is 1.43. The fourth-order valence-electron chi connectivity index (χ4n) is 1.43. The molecular weight excluding hydrogens is 249 g/mol. The third-order valence-corrected chi connectivity index (χ3v) is 2.39. The van der Waals surface area contributed by atoms with Gasteiger partial charge in [0.2, 0.25) is 0 Å². The van der Waals surface area contributed by atoms with E-state index >= 15 is 0 Å². The molecule has 73 valence electrons. The maximum absolute atomic E-state index is 7.19. The predicted molar refractivity (Wildman–Crippen MR) is 49.0 cm³/mol. The molecule has 1 radical (unpaired) electrons. The molecule has 1 atom stereocenters. The minimum absolute atomic E-state index is 0. The van der Waals surface area contributed by atoms with Gasteiger partial charge in [-0.1, -0.05) is 26.0 Å². The molecule has 1 aliphatic rings. The standard InChI is InChI=1S/C11H15O.Ru/c1-5-10-6-9(2)7-12-8-11(10,3)4;/h10H,2,6-8H2,3-4H3;/q-1;+1. The second kappa shape index (κ2) is 4.94. The van der Waals surface area contributed by atoms with E-state index in [2.05, 4.69) is 26.3 Å². The molecule has 0 saturated carbocycles. The Bertz CT molecular complexity index is 225. The smallest absolute Gasteiger partial charge is 0.693 e. The maximum atomic E-state index is 7.19. The molecule has 1 heterocycles. The van der Waals surface area contributed by atoms with Crippen molar-refractivity contribution in [1.29, 1.82) is 0 Å². The van der Waals surface area contributed by atoms with Crippen LogP contribution in [0.3, 0.4) is 0 Å². The van der Waals surface area contributed by atoms with Crippen molar-refractivity contribution in [3.8, 4) is 5.92 Å². The van der Waals surface area contributed by atoms with Gasteiger partial charge in [0.1, 0.15) is 0 Å². The maximum Gasteiger partial charge on any atom is 1.00 e. The zero-order valence-corrected chi connectivity index (χ0v) is 9.91. The third kappa shape index (κ3) is 3.26. The van der Waals surface area contributed by atoms with Crippen LogP contribution in [0.25, 0.3) is 0 Å². The molecule has 0 aromatic rings. The van der Waals surface area contributed by atoms with E-state index in [1.54, 1.807) is 0 Å². The summed E-state index contributed by atoms with van der Waals surface area (Å²) in [5.74, 6) is 2.73. The van der Waals surface area contributed by atoms with E-state index in [1.165, 1.54) is 0 Å². The van der Waals surface area contributed by atoms with Crippen molar-refractivity contribution in [3.63, 3.8) is 0 Å². The van der Waals surface area contributed by atoms with Crippen molar-refractivity contribution in [3.05, 3.63) is 18.6 Å². The molecular formula is C11H15ORu. The quantitative estimate of drug-likeness (QED) is 0.282. The Hall–Kier alpha value is -0.117. The van der Waals surface area contributed by atoms with Crippen LogP contribution in [-0.4, -0.2) is 13.2 Å². The van der Waals surface area contributed by atoms with E-state index in [0.717, 1.165) is 12.0 Å². The zero-order chi connectivity index (χ0) is 9.19. The first-order valence-corrected chi connectivity index (χ1v) is 4.23. The molecule has 1 fully saturated rings. The molecule has 0 bridgehead atoms. The third-order valence-electron chi connectivity index (χ3n) is 2.39. The van der Waals surface area contributed by atoms with Crippen molar-refractivity contribution in [2.45, 2.75) is 20.3 Å². The minimum atomic E-state index is 0. The van der Waals surface area contributed by atoms with Crippen molar-refractivity contribution < 1.29 is 24.2 Å². The van der Waals surface area contributed by atoms with Gasteiger partial charge in [-0.2, -0.15) is 0 Å². The normalized spacial score (nSPS) is 26.8. The molecule has 0 N–H and O–H groups in total. The number of ether oxygens (including phenoxy) is 1. The summed E-state index contributed by atoms with van der Waals surface area (Å²) < 4.78 is 5.43. The van der Waals surface area contributed by atoms with E-state index in [0.29, 0.717) is 13.2 Å². The first kappa shape index (κ1) is 12.9. The van der Waals surface area contributed by atoms with Crippen molar-refractivity contribution in [2.75, 3.05) is 13.2 Å². The van der Waals surface area contributed by atoms with E-state index < -0.39 is 0 Å². The molecule has 1 unspecified atom stereocenters. The van der Waals surface area contributed by atoms with E-state index in [1.807, 2.05) is 0 Å². The summed E-state index contributed by atoms with van der Waals surface area (Å²) in [6, 6.07) is 0. The van der Waals surface area contributed by atoms with Gasteiger partial charge in [-0.05, 0) is 17.8 Å². The largest absolute Gasteiger partial charge is 1.00 e. The molecule has 1 nitrogen and oxygen atoms in total. The van der Waals surface area contributed by atoms with Crippen LogP contribution < -0.4 is 0 Å². The molecule has 0 aromatic carbocycles. The van der Waals surface area contributed by atoms with Gasteiger partial charge in [-0.25, -0.2) is 0 Å². The number of rotatable bonds is 0. The van der Waals surface area contributed by atoms with Gasteiger partial charge < -0.3 is 17.1 Å². The van der Waals surface area contributed by atoms with Crippen molar-refractivity contribution >= 4 is 0 Å². The Morgan fingerprint density at radius 3 is 2.77 bits per heavy atom. The Balaban J connectivity index is 0.00000144. The van der Waals surface area contributed by atoms with Gasteiger partial charge in [0.05, 0.1) is 13.2 Å². The summed E-state index contributed by atoms with van der Waals surface area (Å²) in [6.45, 7) is 9.44. The van der Waals surface area contributed by atoms with Crippen LogP contribution in [0.4, 0.5) is 0 Å². The predicted octanol–water partition coefficient (Wildman–Crippen LogP) is 2.19. The van der Waals surface area contributed by atoms with Gasteiger partial charge in [0.15, 0.2) is 0 Å². The SMILES string of the molecule is [C-]#CC1CC(=C)COCC1(C)C.[Ru+]. The van der Waals surface area contributed by atoms with Crippen LogP contribution in [0.2, 0.25) is 0 Å². The Kier molecular flexibility index (Phi) is 4.89. The van der Waals surface area contributed by atoms with Crippen LogP contribution in [0.1, 0.15) is 20.3 Å². The van der Waals surface area contributed by atoms with Crippen molar-refractivity contribution in [1.82, 2.24) is 0 Å². The second-order valence-corrected chi connectivity index (χ2v) is 4.13. The Morgan fingerprint density at radius 2 is 2.23 bits per heavy atom. The molecule has 13 heavy (non-hydrogen) atoms. The molecule has 2 heteroatoms. The molecule has 0 amide bonds. The van der Waals surface area contributed by atoms with E-state index in [9.17, 15) is 0 Å². The Morgan fingerprint density at radius 1 is 1.62 bits per heavy atom. The molecule has 0 aliphatic carbocycles. The van der Waals surface area contributed by atoms with Gasteiger partial charge in [-0.15, -0.1) is 0 Å². The van der Waals surface area contributed by atoms with Gasteiger partial charge in [-0.3, -0.25) is 0 Å². The average Bonchev–Trinajstić information content (AvgIpc) is 2.10. The zero-order valence-electron chi connectivity index (χ0n) is 8.17. The molecule has 1 saturated heterocycles. The first-order chi connectivity index (χ1) is 5.56. The summed E-state index contributed by atoms with van der Waals surface area (Å²) in [4.78, 5) is 0. The summed E-state index contributed by atoms with van der Waals surface area (Å²) in [5.41, 5.74) is 1.10. The van der Waals surface area contributed by atoms with Gasteiger partial charge in [0.25, 0.3) is 0 Å². The topological polar surface area (TPSA) is 9.23 Å². The van der Waals surface area contributed by atoms with Crippen LogP contribution in [0, 0.1) is 23.7 Å². The second-order valence-electron chi connectivity index (χ2n) is 4.13. The molecule has 1 rings (SSSR count). The fraction of sp³-hybridized carbons (Fsp3) is 0.636. The minimum Gasteiger partial charge on any atom is -0.693 e. The molecule has 0 aromatic heterocycles.